The highest BCUT2D eigenvalue weighted by atomic mass is 79.9. The van der Waals surface area contributed by atoms with Crippen LogP contribution < -0.4 is 5.73 Å². The first-order valence-electron chi connectivity index (χ1n) is 5.62. The lowest BCUT2D eigenvalue weighted by atomic mass is 9.99. The maximum atomic E-state index is 13.6. The van der Waals surface area contributed by atoms with Crippen molar-refractivity contribution in [2.75, 3.05) is 0 Å². The first-order valence-corrected chi connectivity index (χ1v) is 6.41. The minimum Gasteiger partial charge on any atom is -0.324 e. The molecule has 100 valence electrons. The molecule has 19 heavy (non-hydrogen) atoms. The van der Waals surface area contributed by atoms with E-state index < -0.39 is 17.7 Å². The van der Waals surface area contributed by atoms with Gasteiger partial charge in [0, 0.05) is 17.7 Å². The molecule has 0 heterocycles. The molecular weight excluding hydrogens is 319 g/mol. The average Bonchev–Trinajstić information content (AvgIpc) is 2.33. The van der Waals surface area contributed by atoms with E-state index in [1.807, 2.05) is 0 Å². The summed E-state index contributed by atoms with van der Waals surface area (Å²) in [6.07, 6.45) is 0.335. The van der Waals surface area contributed by atoms with Crippen LogP contribution in [0, 0.1) is 17.5 Å². The second-order valence-corrected chi connectivity index (χ2v) is 5.08. The van der Waals surface area contributed by atoms with Gasteiger partial charge in [-0.1, -0.05) is 12.1 Å². The summed E-state index contributed by atoms with van der Waals surface area (Å²) < 4.78 is 39.8. The van der Waals surface area contributed by atoms with Gasteiger partial charge in [-0.05, 0) is 46.1 Å². The highest BCUT2D eigenvalue weighted by Crippen LogP contribution is 2.23. The summed E-state index contributed by atoms with van der Waals surface area (Å²) in [7, 11) is 0. The highest BCUT2D eigenvalue weighted by Gasteiger charge is 2.13. The molecule has 0 radical (unpaired) electrons. The SMILES string of the molecule is NC(Cc1ccc(F)c(Br)c1)c1ccc(F)cc1F. The van der Waals surface area contributed by atoms with E-state index in [9.17, 15) is 13.2 Å². The lowest BCUT2D eigenvalue weighted by Crippen LogP contribution is -2.15. The van der Waals surface area contributed by atoms with Crippen LogP contribution in [-0.4, -0.2) is 0 Å². The van der Waals surface area contributed by atoms with Gasteiger partial charge in [-0.25, -0.2) is 13.2 Å². The number of hydrogen-bond donors (Lipinski definition) is 1. The lowest BCUT2D eigenvalue weighted by Gasteiger charge is -2.13. The van der Waals surface area contributed by atoms with Gasteiger partial charge in [0.2, 0.25) is 0 Å². The summed E-state index contributed by atoms with van der Waals surface area (Å²) in [5.74, 6) is -1.68. The van der Waals surface area contributed by atoms with Crippen molar-refractivity contribution in [2.45, 2.75) is 12.5 Å². The largest absolute Gasteiger partial charge is 0.324 e. The smallest absolute Gasteiger partial charge is 0.137 e. The zero-order valence-electron chi connectivity index (χ0n) is 9.84. The van der Waals surface area contributed by atoms with Crippen LogP contribution in [-0.2, 0) is 6.42 Å². The zero-order chi connectivity index (χ0) is 14.0. The molecule has 0 amide bonds. The summed E-state index contributed by atoms with van der Waals surface area (Å²) in [4.78, 5) is 0. The topological polar surface area (TPSA) is 26.0 Å². The van der Waals surface area contributed by atoms with Crippen molar-refractivity contribution in [2.24, 2.45) is 5.73 Å². The van der Waals surface area contributed by atoms with Gasteiger partial charge in [-0.3, -0.25) is 0 Å². The normalized spacial score (nSPS) is 12.5. The molecule has 0 aromatic heterocycles. The van der Waals surface area contributed by atoms with Crippen LogP contribution in [0.15, 0.2) is 40.9 Å². The van der Waals surface area contributed by atoms with Gasteiger partial charge < -0.3 is 5.73 Å². The Balaban J connectivity index is 2.20. The molecule has 1 unspecified atom stereocenters. The van der Waals surface area contributed by atoms with Gasteiger partial charge >= 0.3 is 0 Å². The molecule has 2 aromatic rings. The van der Waals surface area contributed by atoms with Crippen molar-refractivity contribution in [3.05, 3.63) is 69.4 Å². The van der Waals surface area contributed by atoms with Gasteiger partial charge in [0.25, 0.3) is 0 Å². The predicted molar refractivity (Wildman–Crippen MR) is 71.1 cm³/mol. The third-order valence-corrected chi connectivity index (χ3v) is 3.41. The fourth-order valence-electron chi connectivity index (χ4n) is 1.83. The van der Waals surface area contributed by atoms with Gasteiger partial charge in [0.1, 0.15) is 17.5 Å². The molecule has 0 aliphatic heterocycles. The molecule has 0 bridgehead atoms. The number of rotatable bonds is 3. The van der Waals surface area contributed by atoms with Crippen LogP contribution in [0.4, 0.5) is 13.2 Å². The van der Waals surface area contributed by atoms with Gasteiger partial charge in [-0.15, -0.1) is 0 Å². The number of hydrogen-bond acceptors (Lipinski definition) is 1. The standard InChI is InChI=1S/C14H11BrF3N/c15-11-5-8(1-4-12(11)17)6-14(19)10-3-2-9(16)7-13(10)18/h1-5,7,14H,6,19H2. The minimum atomic E-state index is -0.673. The van der Waals surface area contributed by atoms with E-state index in [-0.39, 0.29) is 11.4 Å². The van der Waals surface area contributed by atoms with Crippen LogP contribution in [0.3, 0.4) is 0 Å². The zero-order valence-corrected chi connectivity index (χ0v) is 11.4. The molecule has 1 atom stereocenters. The van der Waals surface area contributed by atoms with Crippen molar-refractivity contribution in [3.63, 3.8) is 0 Å². The second kappa shape index (κ2) is 5.75. The minimum absolute atomic E-state index is 0.238. The molecule has 1 nitrogen and oxygen atoms in total. The first kappa shape index (κ1) is 14.1. The van der Waals surface area contributed by atoms with Crippen molar-refractivity contribution in [1.82, 2.24) is 0 Å². The van der Waals surface area contributed by atoms with Crippen LogP contribution in [0.25, 0.3) is 0 Å². The Morgan fingerprint density at radius 1 is 1.00 bits per heavy atom. The summed E-state index contributed by atoms with van der Waals surface area (Å²) in [6, 6.07) is 7.17. The third kappa shape index (κ3) is 3.36. The Labute approximate surface area is 117 Å². The van der Waals surface area contributed by atoms with E-state index in [0.29, 0.717) is 10.9 Å². The number of halogens is 4. The maximum Gasteiger partial charge on any atom is 0.137 e. The molecule has 5 heteroatoms. The summed E-state index contributed by atoms with van der Waals surface area (Å²) in [5.41, 5.74) is 6.90. The first-order chi connectivity index (χ1) is 8.97. The monoisotopic (exact) mass is 329 g/mol. The van der Waals surface area contributed by atoms with E-state index in [2.05, 4.69) is 15.9 Å². The van der Waals surface area contributed by atoms with Crippen LogP contribution in [0.2, 0.25) is 0 Å². The van der Waals surface area contributed by atoms with E-state index >= 15 is 0 Å². The highest BCUT2D eigenvalue weighted by molar-refractivity contribution is 9.10. The Morgan fingerprint density at radius 2 is 1.74 bits per heavy atom. The molecule has 2 N–H and O–H groups in total. The van der Waals surface area contributed by atoms with E-state index in [0.717, 1.165) is 11.6 Å². The Bertz CT molecular complexity index is 601. The molecular formula is C14H11BrF3N. The van der Waals surface area contributed by atoms with Crippen LogP contribution in [0.1, 0.15) is 17.2 Å². The van der Waals surface area contributed by atoms with E-state index in [1.54, 1.807) is 12.1 Å². The molecule has 2 rings (SSSR count). The molecule has 0 saturated heterocycles. The molecule has 0 aliphatic carbocycles. The second-order valence-electron chi connectivity index (χ2n) is 4.22. The lowest BCUT2D eigenvalue weighted by molar-refractivity contribution is 0.553. The van der Waals surface area contributed by atoms with Crippen molar-refractivity contribution in [3.8, 4) is 0 Å². The fraction of sp³-hybridized carbons (Fsp3) is 0.143. The molecule has 0 spiro atoms. The van der Waals surface area contributed by atoms with E-state index in [1.165, 1.54) is 18.2 Å². The molecule has 2 aromatic carbocycles. The summed E-state index contributed by atoms with van der Waals surface area (Å²) in [6.45, 7) is 0. The van der Waals surface area contributed by atoms with Crippen molar-refractivity contribution < 1.29 is 13.2 Å². The maximum absolute atomic E-state index is 13.6. The quantitative estimate of drug-likeness (QED) is 0.901. The van der Waals surface area contributed by atoms with Crippen molar-refractivity contribution >= 4 is 15.9 Å². The van der Waals surface area contributed by atoms with Crippen LogP contribution in [0.5, 0.6) is 0 Å². The van der Waals surface area contributed by atoms with Crippen molar-refractivity contribution in [1.29, 1.82) is 0 Å². The van der Waals surface area contributed by atoms with Gasteiger partial charge in [0.05, 0.1) is 4.47 Å². The van der Waals surface area contributed by atoms with Gasteiger partial charge in [0.15, 0.2) is 0 Å². The van der Waals surface area contributed by atoms with Crippen LogP contribution >= 0.6 is 15.9 Å². The molecule has 0 fully saturated rings. The number of nitrogens with two attached hydrogens (primary N) is 1. The fourth-order valence-corrected chi connectivity index (χ4v) is 2.26. The summed E-state index contributed by atoms with van der Waals surface area (Å²) in [5, 5.41) is 0. The average molecular weight is 330 g/mol. The predicted octanol–water partition coefficient (Wildman–Crippen LogP) is 4.11. The third-order valence-electron chi connectivity index (χ3n) is 2.80. The molecule has 0 aliphatic rings. The Morgan fingerprint density at radius 3 is 2.37 bits per heavy atom. The van der Waals surface area contributed by atoms with E-state index in [4.69, 9.17) is 5.73 Å². The molecule has 0 saturated carbocycles. The summed E-state index contributed by atoms with van der Waals surface area (Å²) >= 11 is 3.08. The number of benzene rings is 2. The Hall–Kier alpha value is -1.33. The van der Waals surface area contributed by atoms with Gasteiger partial charge in [-0.2, -0.15) is 0 Å². The Kier molecular flexibility index (Phi) is 4.27.